The summed E-state index contributed by atoms with van der Waals surface area (Å²) in [7, 11) is 3.47. The minimum Gasteiger partial charge on any atom is -0.497 e. The fourth-order valence-electron chi connectivity index (χ4n) is 2.04. The lowest BCUT2D eigenvalue weighted by atomic mass is 10.2. The Morgan fingerprint density at radius 2 is 1.95 bits per heavy atom. The van der Waals surface area contributed by atoms with Gasteiger partial charge in [-0.1, -0.05) is 12.1 Å². The molecule has 0 aliphatic carbocycles. The first-order valence-corrected chi connectivity index (χ1v) is 7.10. The molecular formula is C15H18ClN3O2. The van der Waals surface area contributed by atoms with Crippen LogP contribution in [0.15, 0.2) is 36.7 Å². The highest BCUT2D eigenvalue weighted by atomic mass is 35.5. The lowest BCUT2D eigenvalue weighted by molar-refractivity contribution is -0.129. The van der Waals surface area contributed by atoms with Gasteiger partial charge in [-0.25, -0.2) is 0 Å². The summed E-state index contributed by atoms with van der Waals surface area (Å²) in [6.45, 7) is 0.996. The van der Waals surface area contributed by atoms with Crippen molar-refractivity contribution in [3.63, 3.8) is 0 Å². The summed E-state index contributed by atoms with van der Waals surface area (Å²) >= 11 is 5.70. The number of methoxy groups -OCH3 is 1. The average Bonchev–Trinajstić information content (AvgIpc) is 2.91. The standard InChI is InChI=1S/C15H18ClN3O2/c1-18-9-13(8-17-18)11-19(15(20)7-16)10-12-3-5-14(21-2)6-4-12/h3-6,8-9H,7,10-11H2,1-2H3. The lowest BCUT2D eigenvalue weighted by Gasteiger charge is -2.21. The van der Waals surface area contributed by atoms with Crippen LogP contribution in [0.4, 0.5) is 0 Å². The van der Waals surface area contributed by atoms with Crippen LogP contribution in [0.3, 0.4) is 0 Å². The Balaban J connectivity index is 2.10. The molecule has 0 bridgehead atoms. The minimum absolute atomic E-state index is 0.0313. The van der Waals surface area contributed by atoms with Crippen LogP contribution in [0.2, 0.25) is 0 Å². The van der Waals surface area contributed by atoms with Gasteiger partial charge in [0, 0.05) is 31.9 Å². The van der Waals surface area contributed by atoms with Crippen molar-refractivity contribution < 1.29 is 9.53 Å². The maximum Gasteiger partial charge on any atom is 0.238 e. The smallest absolute Gasteiger partial charge is 0.238 e. The van der Waals surface area contributed by atoms with Crippen molar-refractivity contribution >= 4 is 17.5 Å². The van der Waals surface area contributed by atoms with Crippen LogP contribution in [0.5, 0.6) is 5.75 Å². The second-order valence-electron chi connectivity index (χ2n) is 4.75. The van der Waals surface area contributed by atoms with Crippen LogP contribution in [-0.4, -0.2) is 33.6 Å². The molecule has 0 saturated carbocycles. The molecule has 21 heavy (non-hydrogen) atoms. The van der Waals surface area contributed by atoms with Crippen molar-refractivity contribution in [3.8, 4) is 5.75 Å². The number of carbonyl (C=O) groups excluding carboxylic acids is 1. The molecule has 2 rings (SSSR count). The van der Waals surface area contributed by atoms with E-state index in [1.807, 2.05) is 37.5 Å². The summed E-state index contributed by atoms with van der Waals surface area (Å²) in [4.78, 5) is 13.7. The molecule has 0 saturated heterocycles. The van der Waals surface area contributed by atoms with Crippen molar-refractivity contribution in [2.75, 3.05) is 13.0 Å². The van der Waals surface area contributed by atoms with Gasteiger partial charge in [0.25, 0.3) is 0 Å². The zero-order chi connectivity index (χ0) is 15.2. The van der Waals surface area contributed by atoms with E-state index in [1.54, 1.807) is 22.9 Å². The van der Waals surface area contributed by atoms with Gasteiger partial charge in [0.2, 0.25) is 5.91 Å². The van der Waals surface area contributed by atoms with Gasteiger partial charge in [0.1, 0.15) is 11.6 Å². The normalized spacial score (nSPS) is 10.4. The Bertz CT molecular complexity index is 595. The van der Waals surface area contributed by atoms with E-state index in [9.17, 15) is 4.79 Å². The number of nitrogens with zero attached hydrogens (tertiary/aromatic N) is 3. The number of aromatic nitrogens is 2. The van der Waals surface area contributed by atoms with E-state index in [4.69, 9.17) is 16.3 Å². The van der Waals surface area contributed by atoms with Gasteiger partial charge in [-0.3, -0.25) is 9.48 Å². The minimum atomic E-state index is -0.101. The zero-order valence-electron chi connectivity index (χ0n) is 12.1. The van der Waals surface area contributed by atoms with E-state index in [0.717, 1.165) is 16.9 Å². The van der Waals surface area contributed by atoms with Gasteiger partial charge < -0.3 is 9.64 Å². The van der Waals surface area contributed by atoms with E-state index < -0.39 is 0 Å². The van der Waals surface area contributed by atoms with Crippen LogP contribution in [0.1, 0.15) is 11.1 Å². The number of halogens is 1. The highest BCUT2D eigenvalue weighted by Gasteiger charge is 2.14. The van der Waals surface area contributed by atoms with Gasteiger partial charge in [-0.15, -0.1) is 11.6 Å². The van der Waals surface area contributed by atoms with Crippen LogP contribution in [0, 0.1) is 0 Å². The van der Waals surface area contributed by atoms with E-state index in [-0.39, 0.29) is 11.8 Å². The monoisotopic (exact) mass is 307 g/mol. The molecule has 0 N–H and O–H groups in total. The molecule has 1 aromatic carbocycles. The molecule has 1 aromatic heterocycles. The van der Waals surface area contributed by atoms with Gasteiger partial charge in [-0.05, 0) is 17.7 Å². The van der Waals surface area contributed by atoms with Crippen molar-refractivity contribution in [3.05, 3.63) is 47.8 Å². The van der Waals surface area contributed by atoms with Crippen molar-refractivity contribution in [1.29, 1.82) is 0 Å². The SMILES string of the molecule is COc1ccc(CN(Cc2cnn(C)c2)C(=O)CCl)cc1. The Morgan fingerprint density at radius 3 is 2.48 bits per heavy atom. The second kappa shape index (κ2) is 7.13. The molecule has 112 valence electrons. The van der Waals surface area contributed by atoms with Crippen molar-refractivity contribution in [2.24, 2.45) is 7.05 Å². The molecule has 0 atom stereocenters. The summed E-state index contributed by atoms with van der Waals surface area (Å²) in [6, 6.07) is 7.64. The molecule has 0 fully saturated rings. The highest BCUT2D eigenvalue weighted by molar-refractivity contribution is 6.27. The van der Waals surface area contributed by atoms with Crippen LogP contribution >= 0.6 is 11.6 Å². The van der Waals surface area contributed by atoms with E-state index >= 15 is 0 Å². The average molecular weight is 308 g/mol. The third-order valence-corrected chi connectivity index (χ3v) is 3.36. The van der Waals surface area contributed by atoms with E-state index in [0.29, 0.717) is 13.1 Å². The van der Waals surface area contributed by atoms with E-state index in [1.165, 1.54) is 0 Å². The number of hydrogen-bond acceptors (Lipinski definition) is 3. The molecule has 0 aliphatic rings. The summed E-state index contributed by atoms with van der Waals surface area (Å²) in [6.07, 6.45) is 3.64. The van der Waals surface area contributed by atoms with Gasteiger partial charge in [-0.2, -0.15) is 5.10 Å². The number of ether oxygens (including phenoxy) is 1. The molecule has 0 unspecified atom stereocenters. The summed E-state index contributed by atoms with van der Waals surface area (Å²) in [5, 5.41) is 4.11. The molecule has 6 heteroatoms. The molecule has 0 spiro atoms. The lowest BCUT2D eigenvalue weighted by Crippen LogP contribution is -2.30. The number of rotatable bonds is 6. The number of amides is 1. The zero-order valence-corrected chi connectivity index (χ0v) is 12.9. The number of carbonyl (C=O) groups is 1. The third-order valence-electron chi connectivity index (χ3n) is 3.13. The van der Waals surface area contributed by atoms with Crippen LogP contribution in [0.25, 0.3) is 0 Å². The fourth-order valence-corrected chi connectivity index (χ4v) is 2.21. The van der Waals surface area contributed by atoms with E-state index in [2.05, 4.69) is 5.10 Å². The molecule has 0 aliphatic heterocycles. The maximum atomic E-state index is 12.0. The largest absolute Gasteiger partial charge is 0.497 e. The Labute approximate surface area is 129 Å². The Hall–Kier alpha value is -2.01. The van der Waals surface area contributed by atoms with Crippen molar-refractivity contribution in [2.45, 2.75) is 13.1 Å². The summed E-state index contributed by atoms with van der Waals surface area (Å²) in [5.74, 6) is 0.661. The topological polar surface area (TPSA) is 47.4 Å². The first-order chi connectivity index (χ1) is 10.1. The first kappa shape index (κ1) is 15.4. The quantitative estimate of drug-likeness (QED) is 0.769. The second-order valence-corrected chi connectivity index (χ2v) is 5.02. The number of hydrogen-bond donors (Lipinski definition) is 0. The number of aryl methyl sites for hydroxylation is 1. The molecular weight excluding hydrogens is 290 g/mol. The third kappa shape index (κ3) is 4.23. The molecule has 1 amide bonds. The summed E-state index contributed by atoms with van der Waals surface area (Å²) in [5.41, 5.74) is 2.00. The highest BCUT2D eigenvalue weighted by Crippen LogP contribution is 2.15. The summed E-state index contributed by atoms with van der Waals surface area (Å²) < 4.78 is 6.84. The van der Waals surface area contributed by atoms with Crippen LogP contribution in [-0.2, 0) is 24.9 Å². The first-order valence-electron chi connectivity index (χ1n) is 6.56. The van der Waals surface area contributed by atoms with Gasteiger partial charge >= 0.3 is 0 Å². The van der Waals surface area contributed by atoms with Crippen molar-refractivity contribution in [1.82, 2.24) is 14.7 Å². The Kier molecular flexibility index (Phi) is 5.22. The predicted octanol–water partition coefficient (Wildman–Crippen LogP) is 2.20. The molecule has 2 aromatic rings. The molecule has 0 radical (unpaired) electrons. The fraction of sp³-hybridized carbons (Fsp3) is 0.333. The number of benzene rings is 1. The molecule has 5 nitrogen and oxygen atoms in total. The maximum absolute atomic E-state index is 12.0. The van der Waals surface area contributed by atoms with Gasteiger partial charge in [0.05, 0.1) is 13.3 Å². The van der Waals surface area contributed by atoms with Gasteiger partial charge in [0.15, 0.2) is 0 Å². The number of alkyl halides is 1. The predicted molar refractivity (Wildman–Crippen MR) is 81.2 cm³/mol. The molecule has 1 heterocycles. The van der Waals surface area contributed by atoms with Crippen LogP contribution < -0.4 is 4.74 Å². The Morgan fingerprint density at radius 1 is 1.29 bits per heavy atom.